The number of hydrogen-bond donors (Lipinski definition) is 1. The zero-order valence-corrected chi connectivity index (χ0v) is 30.6. The number of ether oxygens (including phenoxy) is 4. The Morgan fingerprint density at radius 2 is 1.37 bits per heavy atom. The van der Waals surface area contributed by atoms with Crippen molar-refractivity contribution >= 4 is 49.7 Å². The first-order chi connectivity index (χ1) is 24.6. The first-order valence-corrected chi connectivity index (χ1v) is 18.4. The monoisotopic (exact) mass is 787 g/mol. The molecule has 0 aliphatic carbocycles. The van der Waals surface area contributed by atoms with Crippen LogP contribution in [0.3, 0.4) is 0 Å². The van der Waals surface area contributed by atoms with Crippen LogP contribution in [0, 0.1) is 11.6 Å². The number of aromatic nitrogens is 2. The van der Waals surface area contributed by atoms with E-state index in [0.29, 0.717) is 50.8 Å². The zero-order valence-electron chi connectivity index (χ0n) is 27.4. The number of amidine groups is 1. The predicted molar refractivity (Wildman–Crippen MR) is 199 cm³/mol. The maximum atomic E-state index is 14.8. The van der Waals surface area contributed by atoms with Crippen LogP contribution in [0.4, 0.5) is 8.78 Å². The Bertz CT molecular complexity index is 2300. The highest BCUT2D eigenvalue weighted by Gasteiger charge is 2.48. The summed E-state index contributed by atoms with van der Waals surface area (Å²) in [5.41, 5.74) is 9.20. The van der Waals surface area contributed by atoms with E-state index in [4.69, 9.17) is 34.7 Å². The maximum Gasteiger partial charge on any atom is 0.169 e. The molecule has 0 bridgehead atoms. The molecule has 258 valence electrons. The molecule has 4 aliphatic rings. The largest absolute Gasteiger partial charge is 0.497 e. The summed E-state index contributed by atoms with van der Waals surface area (Å²) in [4.78, 5) is 18.1. The topological polar surface area (TPSA) is 113 Å². The van der Waals surface area contributed by atoms with Crippen LogP contribution < -0.4 is 24.7 Å². The second-order valence-corrected chi connectivity index (χ2v) is 15.1. The smallest absolute Gasteiger partial charge is 0.169 e. The third-order valence-corrected chi connectivity index (χ3v) is 11.6. The van der Waals surface area contributed by atoms with Gasteiger partial charge in [0, 0.05) is 68.3 Å². The average Bonchev–Trinajstić information content (AvgIpc) is 3.73. The molecule has 0 radical (unpaired) electrons. The van der Waals surface area contributed by atoms with Gasteiger partial charge in [0.2, 0.25) is 0 Å². The van der Waals surface area contributed by atoms with Crippen molar-refractivity contribution in [2.24, 2.45) is 15.7 Å². The number of aliphatic imine (C=N–C) groups is 2. The van der Waals surface area contributed by atoms with Gasteiger partial charge in [-0.2, -0.15) is 0 Å². The molecule has 2 spiro atoms. The first-order valence-electron chi connectivity index (χ1n) is 15.6. The molecule has 2 N–H and O–H groups in total. The molecule has 4 aromatic carbocycles. The van der Waals surface area contributed by atoms with Crippen LogP contribution in [-0.4, -0.2) is 45.9 Å². The third kappa shape index (κ3) is 5.60. The fourth-order valence-corrected chi connectivity index (χ4v) is 9.02. The number of thioether (sulfide) groups is 2. The lowest BCUT2D eigenvalue weighted by atomic mass is 9.81. The van der Waals surface area contributed by atoms with E-state index in [9.17, 15) is 8.78 Å². The van der Waals surface area contributed by atoms with Crippen LogP contribution >= 0.6 is 39.5 Å². The fraction of sp³-hybridized carbons (Fsp3) is 0.189. The highest BCUT2D eigenvalue weighted by molar-refractivity contribution is 9.10. The van der Waals surface area contributed by atoms with Gasteiger partial charge in [-0.15, -0.1) is 11.8 Å². The minimum Gasteiger partial charge on any atom is -0.497 e. The van der Waals surface area contributed by atoms with Gasteiger partial charge in [0.1, 0.15) is 34.1 Å². The van der Waals surface area contributed by atoms with Crippen molar-refractivity contribution in [3.8, 4) is 45.8 Å². The number of nitrogens with zero attached hydrogens (tertiary/aromatic N) is 4. The zero-order chi connectivity index (χ0) is 35.5. The fourth-order valence-electron chi connectivity index (χ4n) is 6.69. The van der Waals surface area contributed by atoms with E-state index < -0.39 is 22.7 Å². The first kappa shape index (κ1) is 33.5. The molecule has 0 fully saturated rings. The van der Waals surface area contributed by atoms with E-state index in [1.807, 2.05) is 49.4 Å². The Morgan fingerprint density at radius 1 is 0.765 bits per heavy atom. The molecule has 0 unspecified atom stereocenters. The molecule has 4 aliphatic heterocycles. The van der Waals surface area contributed by atoms with Crippen molar-refractivity contribution in [2.45, 2.75) is 18.0 Å². The average molecular weight is 789 g/mol. The molecule has 1 aromatic heterocycles. The van der Waals surface area contributed by atoms with Crippen molar-refractivity contribution in [3.05, 3.63) is 118 Å². The highest BCUT2D eigenvalue weighted by Crippen LogP contribution is 2.56. The molecule has 14 heteroatoms. The lowest BCUT2D eigenvalue weighted by Gasteiger charge is -2.35. The summed E-state index contributed by atoms with van der Waals surface area (Å²) in [6, 6.07) is 17.6. The second kappa shape index (κ2) is 12.8. The van der Waals surface area contributed by atoms with Crippen molar-refractivity contribution in [1.29, 1.82) is 0 Å². The van der Waals surface area contributed by atoms with Crippen molar-refractivity contribution in [3.63, 3.8) is 0 Å². The van der Waals surface area contributed by atoms with E-state index in [1.165, 1.54) is 38.1 Å². The van der Waals surface area contributed by atoms with Gasteiger partial charge < -0.3 is 24.7 Å². The number of fused-ring (bicyclic) bond motifs is 8. The highest BCUT2D eigenvalue weighted by atomic mass is 79.9. The number of hydrogen-bond acceptors (Lipinski definition) is 11. The van der Waals surface area contributed by atoms with Crippen LogP contribution in [0.5, 0.6) is 34.5 Å². The van der Waals surface area contributed by atoms with E-state index in [2.05, 4.69) is 25.9 Å². The number of nitrogens with two attached hydrogens (primary N) is 1. The Kier molecular flexibility index (Phi) is 8.43. The SMILES string of the molecule is COc1cc(F)c2c(c1)[C@]1(CSC(C)=N1)c1cc(Br)ccc1O2.COc1cc(F)c2c(c1)[C@]1(CSC(N)=N1)c1cc(-c3cnccn3)ccc1O2. The summed E-state index contributed by atoms with van der Waals surface area (Å²) in [5.74, 6) is 2.77. The summed E-state index contributed by atoms with van der Waals surface area (Å²) < 4.78 is 52.6. The number of halogens is 3. The van der Waals surface area contributed by atoms with Gasteiger partial charge in [-0.05, 0) is 55.5 Å². The molecule has 0 saturated heterocycles. The van der Waals surface area contributed by atoms with Crippen molar-refractivity contribution in [2.75, 3.05) is 25.7 Å². The van der Waals surface area contributed by atoms with Gasteiger partial charge in [-0.3, -0.25) is 15.0 Å². The molecular formula is C37H28BrF2N5O4S2. The van der Waals surface area contributed by atoms with E-state index >= 15 is 0 Å². The van der Waals surface area contributed by atoms with Crippen LogP contribution in [0.2, 0.25) is 0 Å². The predicted octanol–water partition coefficient (Wildman–Crippen LogP) is 8.81. The summed E-state index contributed by atoms with van der Waals surface area (Å²) in [6.07, 6.45) is 4.95. The van der Waals surface area contributed by atoms with Gasteiger partial charge in [0.05, 0.1) is 31.2 Å². The van der Waals surface area contributed by atoms with Gasteiger partial charge in [-0.1, -0.05) is 27.7 Å². The standard InChI is InChI=1S/C20H15FN4O2S.C17H13BrFNO2S/c1-26-12-7-14-18(15(21)8-12)27-17-3-2-11(16-9-23-4-5-24-16)6-13(17)20(14)10-28-19(22)25-20;1-9-20-17(8-23-9)12-5-10(18)3-4-15(12)22-16-13(17)6-11(21-2)7-14(16)19/h2-9H,10H2,1H3,(H2,22,25);3-7H,8H2,1-2H3/t20-;17-/m00/s1. The number of rotatable bonds is 3. The minimum absolute atomic E-state index is 0.152. The lowest BCUT2D eigenvalue weighted by molar-refractivity contribution is 0.373. The number of methoxy groups -OCH3 is 2. The molecule has 0 amide bonds. The van der Waals surface area contributed by atoms with Crippen molar-refractivity contribution < 1.29 is 27.7 Å². The Morgan fingerprint density at radius 3 is 1.92 bits per heavy atom. The lowest BCUT2D eigenvalue weighted by Crippen LogP contribution is -2.30. The van der Waals surface area contributed by atoms with Crippen LogP contribution in [-0.2, 0) is 11.1 Å². The van der Waals surface area contributed by atoms with Crippen LogP contribution in [0.1, 0.15) is 29.2 Å². The van der Waals surface area contributed by atoms with Gasteiger partial charge in [-0.25, -0.2) is 13.8 Å². The molecule has 0 saturated carbocycles. The Balaban J connectivity index is 0.000000150. The Hall–Kier alpha value is -4.66. The number of benzene rings is 4. The van der Waals surface area contributed by atoms with E-state index in [0.717, 1.165) is 31.9 Å². The van der Waals surface area contributed by atoms with E-state index in [1.54, 1.807) is 36.4 Å². The summed E-state index contributed by atoms with van der Waals surface area (Å²) in [7, 11) is 3.03. The van der Waals surface area contributed by atoms with Crippen LogP contribution in [0.25, 0.3) is 11.3 Å². The molecular weight excluding hydrogens is 760 g/mol. The molecule has 9 nitrogen and oxygen atoms in total. The molecule has 5 aromatic rings. The molecule has 2 atom stereocenters. The maximum absolute atomic E-state index is 14.8. The van der Waals surface area contributed by atoms with E-state index in [-0.39, 0.29) is 11.5 Å². The normalized spacial score (nSPS) is 20.4. The van der Waals surface area contributed by atoms with Crippen molar-refractivity contribution in [1.82, 2.24) is 9.97 Å². The Labute approximate surface area is 308 Å². The second-order valence-electron chi connectivity index (χ2n) is 12.0. The van der Waals surface area contributed by atoms with Gasteiger partial charge >= 0.3 is 0 Å². The van der Waals surface area contributed by atoms with Gasteiger partial charge in [0.25, 0.3) is 0 Å². The van der Waals surface area contributed by atoms with Crippen LogP contribution in [0.15, 0.2) is 93.7 Å². The summed E-state index contributed by atoms with van der Waals surface area (Å²) >= 11 is 6.61. The summed E-state index contributed by atoms with van der Waals surface area (Å²) in [5, 5.41) is 1.43. The summed E-state index contributed by atoms with van der Waals surface area (Å²) in [6.45, 7) is 1.97. The molecule has 9 rings (SSSR count). The van der Waals surface area contributed by atoms with Gasteiger partial charge in [0.15, 0.2) is 28.3 Å². The molecule has 51 heavy (non-hydrogen) atoms. The third-order valence-electron chi connectivity index (χ3n) is 9.06. The molecule has 5 heterocycles. The quantitative estimate of drug-likeness (QED) is 0.192. The minimum atomic E-state index is -0.856.